The molecule has 0 atom stereocenters. The van der Waals surface area contributed by atoms with Crippen LogP contribution in [0.25, 0.3) is 10.9 Å². The van der Waals surface area contributed by atoms with Crippen molar-refractivity contribution >= 4 is 10.9 Å². The summed E-state index contributed by atoms with van der Waals surface area (Å²) in [6.07, 6.45) is 0. The number of methoxy groups -OCH3 is 2. The van der Waals surface area contributed by atoms with Gasteiger partial charge in [-0.3, -0.25) is 14.3 Å². The zero-order valence-electron chi connectivity index (χ0n) is 17.1. The Morgan fingerprint density at radius 3 is 2.37 bits per heavy atom. The van der Waals surface area contributed by atoms with Crippen LogP contribution in [-0.4, -0.2) is 55.0 Å². The molecule has 0 amide bonds. The van der Waals surface area contributed by atoms with Crippen molar-refractivity contribution in [3.63, 3.8) is 0 Å². The first-order valence-corrected chi connectivity index (χ1v) is 9.79. The van der Waals surface area contributed by atoms with Crippen molar-refractivity contribution in [3.8, 4) is 11.5 Å². The minimum atomic E-state index is -0.312. The molecule has 2 aromatic carbocycles. The van der Waals surface area contributed by atoms with Gasteiger partial charge < -0.3 is 14.2 Å². The fraction of sp³-hybridized carbons (Fsp3) is 0.364. The summed E-state index contributed by atoms with van der Waals surface area (Å²) in [4.78, 5) is 20.4. The second-order valence-corrected chi connectivity index (χ2v) is 7.16. The second-order valence-electron chi connectivity index (χ2n) is 7.16. The van der Waals surface area contributed by atoms with Crippen LogP contribution in [0.5, 0.6) is 11.5 Å². The highest BCUT2D eigenvalue weighted by Crippen LogP contribution is 2.30. The Balaban J connectivity index is 1.83. The highest BCUT2D eigenvalue weighted by atomic mass is 19.1. The highest BCUT2D eigenvalue weighted by Gasteiger charge is 2.19. The number of rotatable bonds is 6. The topological polar surface area (TPSA) is 65.8 Å². The Bertz CT molecular complexity index is 1090. The number of hydrogen-bond acceptors (Lipinski definition) is 6. The fourth-order valence-electron chi connectivity index (χ4n) is 3.61. The van der Waals surface area contributed by atoms with Crippen molar-refractivity contribution in [2.45, 2.75) is 13.1 Å². The van der Waals surface area contributed by atoms with Gasteiger partial charge in [-0.05, 0) is 23.8 Å². The van der Waals surface area contributed by atoms with Gasteiger partial charge in [-0.25, -0.2) is 9.37 Å². The van der Waals surface area contributed by atoms with E-state index in [1.165, 1.54) is 19.2 Å². The average molecular weight is 413 g/mol. The minimum Gasteiger partial charge on any atom is -0.493 e. The third kappa shape index (κ3) is 4.15. The summed E-state index contributed by atoms with van der Waals surface area (Å²) < 4.78 is 31.1. The molecule has 0 bridgehead atoms. The van der Waals surface area contributed by atoms with Crippen LogP contribution in [0, 0.1) is 5.82 Å². The normalized spacial score (nSPS) is 14.8. The molecular formula is C22H24FN3O4. The number of morpholine rings is 1. The van der Waals surface area contributed by atoms with E-state index in [4.69, 9.17) is 19.2 Å². The van der Waals surface area contributed by atoms with E-state index in [1.807, 2.05) is 0 Å². The number of hydrogen-bond donors (Lipinski definition) is 0. The Morgan fingerprint density at radius 1 is 1.03 bits per heavy atom. The minimum absolute atomic E-state index is 0.173. The SMILES string of the molecule is COc1cc2nc(CN3CCOCC3)n(Cc3ccc(F)cc3)c(=O)c2cc1OC. The van der Waals surface area contributed by atoms with Gasteiger partial charge in [-0.1, -0.05) is 12.1 Å². The summed E-state index contributed by atoms with van der Waals surface area (Å²) in [5.74, 6) is 1.32. The van der Waals surface area contributed by atoms with Crippen molar-refractivity contribution < 1.29 is 18.6 Å². The number of fused-ring (bicyclic) bond motifs is 1. The molecule has 0 unspecified atom stereocenters. The first-order chi connectivity index (χ1) is 14.6. The van der Waals surface area contributed by atoms with E-state index in [2.05, 4.69) is 4.90 Å². The average Bonchev–Trinajstić information content (AvgIpc) is 2.77. The van der Waals surface area contributed by atoms with Crippen molar-refractivity contribution in [2.24, 2.45) is 0 Å². The summed E-state index contributed by atoms with van der Waals surface area (Å²) in [6, 6.07) is 9.52. The summed E-state index contributed by atoms with van der Waals surface area (Å²) in [5, 5.41) is 0.445. The molecule has 0 spiro atoms. The zero-order valence-corrected chi connectivity index (χ0v) is 17.1. The van der Waals surface area contributed by atoms with Gasteiger partial charge in [-0.15, -0.1) is 0 Å². The lowest BCUT2D eigenvalue weighted by atomic mass is 10.2. The van der Waals surface area contributed by atoms with Crippen LogP contribution < -0.4 is 15.0 Å². The summed E-state index contributed by atoms with van der Waals surface area (Å²) >= 11 is 0. The van der Waals surface area contributed by atoms with Crippen molar-refractivity contribution in [1.29, 1.82) is 0 Å². The summed E-state index contributed by atoms with van der Waals surface area (Å²) in [5.41, 5.74) is 1.20. The molecule has 4 rings (SSSR count). The van der Waals surface area contributed by atoms with Gasteiger partial charge in [0.25, 0.3) is 5.56 Å². The third-order valence-corrected chi connectivity index (χ3v) is 5.26. The Hall–Kier alpha value is -2.97. The number of benzene rings is 2. The maximum atomic E-state index is 13.4. The Morgan fingerprint density at radius 2 is 1.70 bits per heavy atom. The predicted octanol–water partition coefficient (Wildman–Crippen LogP) is 2.43. The van der Waals surface area contributed by atoms with Crippen LogP contribution in [0.1, 0.15) is 11.4 Å². The molecule has 158 valence electrons. The van der Waals surface area contributed by atoms with Gasteiger partial charge in [0.15, 0.2) is 11.5 Å². The van der Waals surface area contributed by atoms with E-state index in [-0.39, 0.29) is 11.4 Å². The molecule has 30 heavy (non-hydrogen) atoms. The van der Waals surface area contributed by atoms with E-state index in [0.29, 0.717) is 54.5 Å². The van der Waals surface area contributed by atoms with E-state index in [0.717, 1.165) is 18.7 Å². The van der Waals surface area contributed by atoms with Gasteiger partial charge in [0.2, 0.25) is 0 Å². The number of halogens is 1. The summed E-state index contributed by atoms with van der Waals surface area (Å²) in [7, 11) is 3.08. The molecule has 1 aromatic heterocycles. The van der Waals surface area contributed by atoms with Crippen molar-refractivity contribution in [1.82, 2.24) is 14.5 Å². The maximum Gasteiger partial charge on any atom is 0.261 e. The van der Waals surface area contributed by atoms with E-state index < -0.39 is 0 Å². The molecule has 0 radical (unpaired) electrons. The van der Waals surface area contributed by atoms with Gasteiger partial charge in [0, 0.05) is 19.2 Å². The zero-order chi connectivity index (χ0) is 21.1. The summed E-state index contributed by atoms with van der Waals surface area (Å²) in [6.45, 7) is 3.68. The molecule has 1 aliphatic heterocycles. The molecule has 8 heteroatoms. The van der Waals surface area contributed by atoms with Gasteiger partial charge in [0.1, 0.15) is 11.6 Å². The van der Waals surface area contributed by atoms with Gasteiger partial charge in [0.05, 0.1) is 51.4 Å². The monoisotopic (exact) mass is 413 g/mol. The van der Waals surface area contributed by atoms with Gasteiger partial charge >= 0.3 is 0 Å². The quantitative estimate of drug-likeness (QED) is 0.619. The molecular weight excluding hydrogens is 389 g/mol. The number of aromatic nitrogens is 2. The Kier molecular flexibility index (Phi) is 5.96. The van der Waals surface area contributed by atoms with Crippen LogP contribution in [0.4, 0.5) is 4.39 Å². The smallest absolute Gasteiger partial charge is 0.261 e. The van der Waals surface area contributed by atoms with Crippen LogP contribution in [0.15, 0.2) is 41.2 Å². The molecule has 0 aliphatic carbocycles. The standard InChI is InChI=1S/C22H24FN3O4/c1-28-19-11-17-18(12-20(19)29-2)24-21(14-25-7-9-30-10-8-25)26(22(17)27)13-15-3-5-16(23)6-4-15/h3-6,11-12H,7-10,13-14H2,1-2H3. The van der Waals surface area contributed by atoms with E-state index in [9.17, 15) is 9.18 Å². The fourth-order valence-corrected chi connectivity index (χ4v) is 3.61. The molecule has 0 N–H and O–H groups in total. The molecule has 7 nitrogen and oxygen atoms in total. The number of ether oxygens (including phenoxy) is 3. The van der Waals surface area contributed by atoms with E-state index >= 15 is 0 Å². The molecule has 3 aromatic rings. The van der Waals surface area contributed by atoms with Crippen LogP contribution in [0.3, 0.4) is 0 Å². The predicted molar refractivity (Wildman–Crippen MR) is 111 cm³/mol. The largest absolute Gasteiger partial charge is 0.493 e. The second kappa shape index (κ2) is 8.81. The lowest BCUT2D eigenvalue weighted by Crippen LogP contribution is -2.38. The van der Waals surface area contributed by atoms with Crippen LogP contribution >= 0.6 is 0 Å². The molecule has 1 saturated heterocycles. The molecule has 2 heterocycles. The first-order valence-electron chi connectivity index (χ1n) is 9.79. The van der Waals surface area contributed by atoms with E-state index in [1.54, 1.807) is 35.9 Å². The van der Waals surface area contributed by atoms with Crippen LogP contribution in [0.2, 0.25) is 0 Å². The van der Waals surface area contributed by atoms with Crippen LogP contribution in [-0.2, 0) is 17.8 Å². The first kappa shape index (κ1) is 20.3. The third-order valence-electron chi connectivity index (χ3n) is 5.26. The van der Waals surface area contributed by atoms with Crippen molar-refractivity contribution in [2.75, 3.05) is 40.5 Å². The van der Waals surface area contributed by atoms with Crippen molar-refractivity contribution in [3.05, 3.63) is 64.0 Å². The lowest BCUT2D eigenvalue weighted by molar-refractivity contribution is 0.0325. The lowest BCUT2D eigenvalue weighted by Gasteiger charge is -2.27. The maximum absolute atomic E-state index is 13.4. The molecule has 0 saturated carbocycles. The highest BCUT2D eigenvalue weighted by molar-refractivity contribution is 5.82. The molecule has 1 fully saturated rings. The molecule has 1 aliphatic rings. The Labute approximate surface area is 173 Å². The van der Waals surface area contributed by atoms with Gasteiger partial charge in [-0.2, -0.15) is 0 Å². The number of nitrogens with zero attached hydrogens (tertiary/aromatic N) is 3.